The highest BCUT2D eigenvalue weighted by Gasteiger charge is 2.30. The van der Waals surface area contributed by atoms with Crippen molar-refractivity contribution in [2.24, 2.45) is 0 Å². The van der Waals surface area contributed by atoms with Crippen molar-refractivity contribution in [2.75, 3.05) is 17.3 Å². The van der Waals surface area contributed by atoms with Crippen molar-refractivity contribution in [3.05, 3.63) is 89.6 Å². The maximum Gasteiger partial charge on any atom is 0.416 e. The van der Waals surface area contributed by atoms with Gasteiger partial charge < -0.3 is 10.2 Å². The van der Waals surface area contributed by atoms with Crippen LogP contribution in [0.4, 0.5) is 24.7 Å². The van der Waals surface area contributed by atoms with E-state index in [1.807, 2.05) is 48.3 Å². The molecule has 0 spiro atoms. The second kappa shape index (κ2) is 8.12. The molecule has 1 aromatic heterocycles. The number of carbonyl (C=O) groups excluding carboxylic acids is 1. The van der Waals surface area contributed by atoms with Crippen molar-refractivity contribution in [3.63, 3.8) is 0 Å². The second-order valence-corrected chi connectivity index (χ2v) is 6.27. The van der Waals surface area contributed by atoms with Gasteiger partial charge in [-0.3, -0.25) is 4.79 Å². The third-order valence-corrected chi connectivity index (χ3v) is 4.17. The van der Waals surface area contributed by atoms with Gasteiger partial charge in [0.25, 0.3) is 5.91 Å². The lowest BCUT2D eigenvalue weighted by Gasteiger charge is -2.19. The van der Waals surface area contributed by atoms with E-state index < -0.39 is 17.6 Å². The Morgan fingerprint density at radius 1 is 1.00 bits per heavy atom. The van der Waals surface area contributed by atoms with Crippen LogP contribution in [0.25, 0.3) is 0 Å². The predicted octanol–water partition coefficient (Wildman–Crippen LogP) is 4.99. The summed E-state index contributed by atoms with van der Waals surface area (Å²) in [5.74, 6) is -0.201. The molecule has 144 valence electrons. The molecule has 28 heavy (non-hydrogen) atoms. The largest absolute Gasteiger partial charge is 0.416 e. The molecular formula is C21H18F3N3O. The van der Waals surface area contributed by atoms with Crippen LogP contribution in [0.2, 0.25) is 0 Å². The Kier molecular flexibility index (Phi) is 5.63. The number of amides is 1. The Morgan fingerprint density at radius 2 is 1.68 bits per heavy atom. The Hall–Kier alpha value is -3.35. The van der Waals surface area contributed by atoms with Crippen molar-refractivity contribution in [2.45, 2.75) is 12.7 Å². The molecule has 7 heteroatoms. The Balaban J connectivity index is 1.63. The fourth-order valence-corrected chi connectivity index (χ4v) is 2.63. The number of nitrogens with zero attached hydrogens (tertiary/aromatic N) is 2. The predicted molar refractivity (Wildman–Crippen MR) is 102 cm³/mol. The number of anilines is 2. The van der Waals surface area contributed by atoms with Crippen LogP contribution in [0.3, 0.4) is 0 Å². The highest BCUT2D eigenvalue weighted by molar-refractivity contribution is 6.03. The first kappa shape index (κ1) is 19.4. The molecule has 0 radical (unpaired) electrons. The molecule has 3 aromatic rings. The van der Waals surface area contributed by atoms with Crippen molar-refractivity contribution in [1.82, 2.24) is 4.98 Å². The summed E-state index contributed by atoms with van der Waals surface area (Å²) >= 11 is 0. The first-order chi connectivity index (χ1) is 13.3. The third kappa shape index (κ3) is 4.88. The van der Waals surface area contributed by atoms with Crippen LogP contribution in [0.1, 0.15) is 21.5 Å². The zero-order valence-corrected chi connectivity index (χ0v) is 15.1. The number of nitrogens with one attached hydrogen (secondary N) is 1. The van der Waals surface area contributed by atoms with Gasteiger partial charge >= 0.3 is 6.18 Å². The molecule has 0 atom stereocenters. The van der Waals surface area contributed by atoms with Crippen LogP contribution in [-0.2, 0) is 12.7 Å². The van der Waals surface area contributed by atoms with E-state index in [0.29, 0.717) is 12.4 Å². The summed E-state index contributed by atoms with van der Waals surface area (Å²) in [6.45, 7) is 0.708. The molecule has 4 nitrogen and oxygen atoms in total. The minimum absolute atomic E-state index is 0.125. The van der Waals surface area contributed by atoms with Crippen molar-refractivity contribution in [3.8, 4) is 0 Å². The zero-order chi connectivity index (χ0) is 20.1. The van der Waals surface area contributed by atoms with Crippen LogP contribution >= 0.6 is 0 Å². The van der Waals surface area contributed by atoms with E-state index in [2.05, 4.69) is 10.3 Å². The molecule has 3 rings (SSSR count). The molecule has 1 heterocycles. The lowest BCUT2D eigenvalue weighted by molar-refractivity contribution is -0.137. The number of aromatic nitrogens is 1. The fraction of sp³-hybridized carbons (Fsp3) is 0.143. The van der Waals surface area contributed by atoms with Gasteiger partial charge in [0.2, 0.25) is 0 Å². The molecule has 0 fully saturated rings. The first-order valence-electron chi connectivity index (χ1n) is 8.52. The maximum atomic E-state index is 12.6. The first-order valence-corrected chi connectivity index (χ1v) is 8.52. The summed E-state index contributed by atoms with van der Waals surface area (Å²) in [6.07, 6.45) is -2.80. The van der Waals surface area contributed by atoms with Crippen LogP contribution < -0.4 is 10.2 Å². The summed E-state index contributed by atoms with van der Waals surface area (Å²) in [6, 6.07) is 17.5. The van der Waals surface area contributed by atoms with E-state index in [-0.39, 0.29) is 5.56 Å². The number of benzene rings is 2. The number of hydrogen-bond donors (Lipinski definition) is 1. The summed E-state index contributed by atoms with van der Waals surface area (Å²) in [5.41, 5.74) is 1.36. The van der Waals surface area contributed by atoms with Gasteiger partial charge in [0.05, 0.1) is 17.4 Å². The Morgan fingerprint density at radius 3 is 2.25 bits per heavy atom. The van der Waals surface area contributed by atoms with Gasteiger partial charge in [-0.05, 0) is 42.0 Å². The SMILES string of the molecule is CN(Cc1ccccc1)c1ccc(NC(=O)c2ccc(C(F)(F)F)cc2)nc1. The zero-order valence-electron chi connectivity index (χ0n) is 15.1. The topological polar surface area (TPSA) is 45.2 Å². The monoisotopic (exact) mass is 385 g/mol. The molecular weight excluding hydrogens is 367 g/mol. The molecule has 1 amide bonds. The average Bonchev–Trinajstić information content (AvgIpc) is 2.68. The molecule has 0 saturated heterocycles. The van der Waals surface area contributed by atoms with Gasteiger partial charge in [0.1, 0.15) is 5.82 Å². The lowest BCUT2D eigenvalue weighted by Crippen LogP contribution is -2.17. The maximum absolute atomic E-state index is 12.6. The highest BCUT2D eigenvalue weighted by Crippen LogP contribution is 2.29. The number of rotatable bonds is 5. The standard InChI is InChI=1S/C21H18F3N3O/c1-27(14-15-5-3-2-4-6-15)18-11-12-19(25-13-18)26-20(28)16-7-9-17(10-8-16)21(22,23)24/h2-13H,14H2,1H3,(H,25,26,28). The summed E-state index contributed by atoms with van der Waals surface area (Å²) in [7, 11) is 1.93. The van der Waals surface area contributed by atoms with Crippen molar-refractivity contribution >= 4 is 17.4 Å². The van der Waals surface area contributed by atoms with Gasteiger partial charge in [0, 0.05) is 19.2 Å². The third-order valence-electron chi connectivity index (χ3n) is 4.17. The molecule has 0 bridgehead atoms. The van der Waals surface area contributed by atoms with E-state index in [0.717, 1.165) is 35.5 Å². The highest BCUT2D eigenvalue weighted by atomic mass is 19.4. The van der Waals surface area contributed by atoms with Gasteiger partial charge in [0.15, 0.2) is 0 Å². The van der Waals surface area contributed by atoms with E-state index in [4.69, 9.17) is 0 Å². The van der Waals surface area contributed by atoms with E-state index in [9.17, 15) is 18.0 Å². The van der Waals surface area contributed by atoms with Crippen molar-refractivity contribution in [1.29, 1.82) is 0 Å². The Labute approximate surface area is 160 Å². The summed E-state index contributed by atoms with van der Waals surface area (Å²) in [4.78, 5) is 18.4. The van der Waals surface area contributed by atoms with Crippen LogP contribution in [0.15, 0.2) is 72.9 Å². The number of alkyl halides is 3. The molecule has 0 aliphatic rings. The molecule has 0 aliphatic carbocycles. The van der Waals surface area contributed by atoms with Crippen LogP contribution in [0.5, 0.6) is 0 Å². The van der Waals surface area contributed by atoms with E-state index >= 15 is 0 Å². The van der Waals surface area contributed by atoms with Gasteiger partial charge in [-0.25, -0.2) is 4.98 Å². The second-order valence-electron chi connectivity index (χ2n) is 6.27. The Bertz CT molecular complexity index is 924. The van der Waals surface area contributed by atoms with Crippen LogP contribution in [0, 0.1) is 0 Å². The number of halogens is 3. The number of pyridine rings is 1. The minimum atomic E-state index is -4.43. The van der Waals surface area contributed by atoms with Gasteiger partial charge in [-0.1, -0.05) is 30.3 Å². The average molecular weight is 385 g/mol. The number of carbonyl (C=O) groups is 1. The van der Waals surface area contributed by atoms with E-state index in [1.165, 1.54) is 0 Å². The van der Waals surface area contributed by atoms with E-state index in [1.54, 1.807) is 12.3 Å². The molecule has 2 aromatic carbocycles. The van der Waals surface area contributed by atoms with Crippen LogP contribution in [-0.4, -0.2) is 17.9 Å². The fourth-order valence-electron chi connectivity index (χ4n) is 2.63. The summed E-state index contributed by atoms with van der Waals surface area (Å²) in [5, 5.41) is 2.58. The normalized spacial score (nSPS) is 11.1. The number of hydrogen-bond acceptors (Lipinski definition) is 3. The van der Waals surface area contributed by atoms with Crippen molar-refractivity contribution < 1.29 is 18.0 Å². The molecule has 0 saturated carbocycles. The summed E-state index contributed by atoms with van der Waals surface area (Å²) < 4.78 is 37.8. The smallest absolute Gasteiger partial charge is 0.369 e. The molecule has 1 N–H and O–H groups in total. The quantitative estimate of drug-likeness (QED) is 0.673. The minimum Gasteiger partial charge on any atom is -0.369 e. The lowest BCUT2D eigenvalue weighted by atomic mass is 10.1. The van der Waals surface area contributed by atoms with Gasteiger partial charge in [-0.2, -0.15) is 13.2 Å². The molecule has 0 unspecified atom stereocenters. The van der Waals surface area contributed by atoms with Gasteiger partial charge in [-0.15, -0.1) is 0 Å². The molecule has 0 aliphatic heterocycles.